The molecule has 18 heavy (non-hydrogen) atoms. The van der Waals surface area contributed by atoms with Gasteiger partial charge in [-0.25, -0.2) is 9.78 Å². The monoisotopic (exact) mass is 276 g/mol. The van der Waals surface area contributed by atoms with E-state index in [0.29, 0.717) is 0 Å². The van der Waals surface area contributed by atoms with E-state index in [4.69, 9.17) is 4.74 Å². The Morgan fingerprint density at radius 1 is 1.39 bits per heavy atom. The molecule has 1 aromatic heterocycles. The minimum atomic E-state index is -4.83. The van der Waals surface area contributed by atoms with Crippen LogP contribution in [0.1, 0.15) is 20.8 Å². The summed E-state index contributed by atoms with van der Waals surface area (Å²) in [5.74, 6) is 0. The van der Waals surface area contributed by atoms with Crippen molar-refractivity contribution in [3.8, 4) is 0 Å². The van der Waals surface area contributed by atoms with Crippen LogP contribution in [0.2, 0.25) is 0 Å². The lowest BCUT2D eigenvalue weighted by Gasteiger charge is -2.19. The molecule has 0 radical (unpaired) electrons. The van der Waals surface area contributed by atoms with Crippen molar-refractivity contribution in [1.29, 1.82) is 0 Å². The molecule has 1 heterocycles. The van der Waals surface area contributed by atoms with Crippen molar-refractivity contribution in [3.63, 3.8) is 0 Å². The maximum atomic E-state index is 12.5. The zero-order chi connectivity index (χ0) is 14.0. The van der Waals surface area contributed by atoms with Gasteiger partial charge in [0.1, 0.15) is 5.60 Å². The van der Waals surface area contributed by atoms with Gasteiger partial charge < -0.3 is 4.74 Å². The van der Waals surface area contributed by atoms with Crippen LogP contribution in [0.15, 0.2) is 23.4 Å². The standard InChI is InChI=1S/C10H13FN2O4S/c1-10(2,3)17-9(14)13-7-4-5-8(12-6-7)18(11,15)16/h4-6H,1-3H3,(H,13,14). The first kappa shape index (κ1) is 14.4. The quantitative estimate of drug-likeness (QED) is 0.836. The molecule has 1 aromatic rings. The highest BCUT2D eigenvalue weighted by Crippen LogP contribution is 2.14. The summed E-state index contributed by atoms with van der Waals surface area (Å²) in [6.07, 6.45) is 0.316. The molecule has 0 saturated heterocycles. The topological polar surface area (TPSA) is 85.4 Å². The van der Waals surface area contributed by atoms with Crippen LogP contribution in [-0.2, 0) is 15.0 Å². The first-order valence-electron chi connectivity index (χ1n) is 4.99. The smallest absolute Gasteiger partial charge is 0.412 e. The lowest BCUT2D eigenvalue weighted by Crippen LogP contribution is -2.27. The number of hydrogen-bond acceptors (Lipinski definition) is 5. The Morgan fingerprint density at radius 2 is 2.00 bits per heavy atom. The van der Waals surface area contributed by atoms with Crippen molar-refractivity contribution in [3.05, 3.63) is 18.3 Å². The van der Waals surface area contributed by atoms with Crippen LogP contribution in [-0.4, -0.2) is 25.1 Å². The van der Waals surface area contributed by atoms with Crippen LogP contribution in [0.5, 0.6) is 0 Å². The molecule has 0 saturated carbocycles. The number of rotatable bonds is 2. The molecule has 0 aliphatic rings. The van der Waals surface area contributed by atoms with Crippen LogP contribution < -0.4 is 5.32 Å². The van der Waals surface area contributed by atoms with E-state index in [1.807, 2.05) is 0 Å². The fraction of sp³-hybridized carbons (Fsp3) is 0.400. The number of anilines is 1. The van der Waals surface area contributed by atoms with Gasteiger partial charge in [-0.2, -0.15) is 8.42 Å². The summed E-state index contributed by atoms with van der Waals surface area (Å²) < 4.78 is 38.5. The van der Waals surface area contributed by atoms with Gasteiger partial charge in [-0.3, -0.25) is 5.32 Å². The number of carbonyl (C=O) groups excluding carboxylic acids is 1. The molecule has 0 unspecified atom stereocenters. The normalized spacial score (nSPS) is 12.0. The molecule has 0 spiro atoms. The van der Waals surface area contributed by atoms with Gasteiger partial charge in [-0.15, -0.1) is 0 Å². The predicted molar refractivity (Wildman–Crippen MR) is 62.4 cm³/mol. The van der Waals surface area contributed by atoms with Gasteiger partial charge in [0.25, 0.3) is 0 Å². The summed E-state index contributed by atoms with van der Waals surface area (Å²) in [5, 5.41) is 1.63. The Hall–Kier alpha value is -1.70. The minimum Gasteiger partial charge on any atom is -0.444 e. The summed E-state index contributed by atoms with van der Waals surface area (Å²) >= 11 is 0. The third-order valence-electron chi connectivity index (χ3n) is 1.63. The number of ether oxygens (including phenoxy) is 1. The molecule has 0 atom stereocenters. The Bertz CT molecular complexity index is 534. The summed E-state index contributed by atoms with van der Waals surface area (Å²) in [6, 6.07) is 2.16. The lowest BCUT2D eigenvalue weighted by atomic mass is 10.2. The third-order valence-corrected chi connectivity index (χ3v) is 2.37. The van der Waals surface area contributed by atoms with E-state index < -0.39 is 26.9 Å². The van der Waals surface area contributed by atoms with Crippen LogP contribution >= 0.6 is 0 Å². The third kappa shape index (κ3) is 4.66. The Morgan fingerprint density at radius 3 is 2.39 bits per heavy atom. The maximum absolute atomic E-state index is 12.5. The maximum Gasteiger partial charge on any atom is 0.412 e. The summed E-state index contributed by atoms with van der Waals surface area (Å²) in [6.45, 7) is 5.09. The van der Waals surface area contributed by atoms with Crippen LogP contribution in [0, 0.1) is 0 Å². The van der Waals surface area contributed by atoms with Gasteiger partial charge in [0.15, 0.2) is 5.03 Å². The van der Waals surface area contributed by atoms with Gasteiger partial charge in [-0.05, 0) is 32.9 Å². The highest BCUT2D eigenvalue weighted by molar-refractivity contribution is 7.86. The summed E-state index contributed by atoms with van der Waals surface area (Å²) in [4.78, 5) is 14.7. The van der Waals surface area contributed by atoms with E-state index in [9.17, 15) is 17.1 Å². The first-order valence-corrected chi connectivity index (χ1v) is 6.37. The Kier molecular flexibility index (Phi) is 3.90. The number of pyridine rings is 1. The van der Waals surface area contributed by atoms with Gasteiger partial charge >= 0.3 is 16.3 Å². The van der Waals surface area contributed by atoms with E-state index in [1.165, 1.54) is 6.07 Å². The van der Waals surface area contributed by atoms with Gasteiger partial charge in [0, 0.05) is 0 Å². The van der Waals surface area contributed by atoms with Crippen LogP contribution in [0.25, 0.3) is 0 Å². The van der Waals surface area contributed by atoms with Crippen molar-refractivity contribution < 1.29 is 21.8 Å². The highest BCUT2D eigenvalue weighted by atomic mass is 32.3. The molecule has 8 heteroatoms. The molecule has 0 aliphatic carbocycles. The second-order valence-corrected chi connectivity index (χ2v) is 5.74. The fourth-order valence-corrected chi connectivity index (χ4v) is 1.43. The molecule has 0 aliphatic heterocycles. The molecule has 1 amide bonds. The molecule has 0 bridgehead atoms. The minimum absolute atomic E-state index is 0.205. The molecule has 0 fully saturated rings. The number of carbonyl (C=O) groups is 1. The largest absolute Gasteiger partial charge is 0.444 e. The van der Waals surface area contributed by atoms with E-state index in [1.54, 1.807) is 20.8 Å². The van der Waals surface area contributed by atoms with Crippen molar-refractivity contribution >= 4 is 22.0 Å². The number of hydrogen-bond donors (Lipinski definition) is 1. The van der Waals surface area contributed by atoms with E-state index in [2.05, 4.69) is 10.3 Å². The molecular weight excluding hydrogens is 263 g/mol. The average Bonchev–Trinajstić information content (AvgIpc) is 2.13. The van der Waals surface area contributed by atoms with Gasteiger partial charge in [-0.1, -0.05) is 3.89 Å². The number of nitrogens with one attached hydrogen (secondary N) is 1. The van der Waals surface area contributed by atoms with E-state index >= 15 is 0 Å². The fourth-order valence-electron chi connectivity index (χ4n) is 1.02. The molecule has 1 N–H and O–H groups in total. The lowest BCUT2D eigenvalue weighted by molar-refractivity contribution is 0.0636. The zero-order valence-corrected chi connectivity index (χ0v) is 10.9. The van der Waals surface area contributed by atoms with E-state index in [0.717, 1.165) is 12.3 Å². The Labute approximate surface area is 104 Å². The molecule has 0 aromatic carbocycles. The number of aromatic nitrogens is 1. The summed E-state index contributed by atoms with van der Waals surface area (Å²) in [7, 11) is -4.83. The number of nitrogens with zero attached hydrogens (tertiary/aromatic N) is 1. The molecule has 100 valence electrons. The predicted octanol–water partition coefficient (Wildman–Crippen LogP) is 2.09. The SMILES string of the molecule is CC(C)(C)OC(=O)Nc1ccc(S(=O)(=O)F)nc1. The molecule has 1 rings (SSSR count). The summed E-state index contributed by atoms with van der Waals surface area (Å²) in [5.41, 5.74) is -0.448. The van der Waals surface area contributed by atoms with Crippen molar-refractivity contribution in [2.45, 2.75) is 31.4 Å². The van der Waals surface area contributed by atoms with Gasteiger partial charge in [0.05, 0.1) is 11.9 Å². The van der Waals surface area contributed by atoms with Crippen LogP contribution in [0.3, 0.4) is 0 Å². The first-order chi connectivity index (χ1) is 8.08. The number of amides is 1. The van der Waals surface area contributed by atoms with Crippen molar-refractivity contribution in [2.75, 3.05) is 5.32 Å². The Balaban J connectivity index is 2.73. The van der Waals surface area contributed by atoms with Crippen LogP contribution in [0.4, 0.5) is 14.4 Å². The molecule has 6 nitrogen and oxygen atoms in total. The molecular formula is C10H13FN2O4S. The van der Waals surface area contributed by atoms with Gasteiger partial charge in [0.2, 0.25) is 0 Å². The van der Waals surface area contributed by atoms with Crippen molar-refractivity contribution in [2.24, 2.45) is 0 Å². The zero-order valence-electron chi connectivity index (χ0n) is 10.1. The number of halogens is 1. The van der Waals surface area contributed by atoms with Crippen molar-refractivity contribution in [1.82, 2.24) is 4.98 Å². The second kappa shape index (κ2) is 4.89. The second-order valence-electron chi connectivity index (χ2n) is 4.45. The average molecular weight is 276 g/mol. The van der Waals surface area contributed by atoms with E-state index in [-0.39, 0.29) is 5.69 Å². The highest BCUT2D eigenvalue weighted by Gasteiger charge is 2.17.